The van der Waals surface area contributed by atoms with Gasteiger partial charge in [-0.2, -0.15) is 0 Å². The number of aromatic nitrogens is 1. The number of benzene rings is 2. The summed E-state index contributed by atoms with van der Waals surface area (Å²) in [6, 6.07) is 23.5. The van der Waals surface area contributed by atoms with E-state index in [4.69, 9.17) is 0 Å². The molecule has 23 heavy (non-hydrogen) atoms. The van der Waals surface area contributed by atoms with Crippen LogP contribution in [0.4, 0.5) is 0 Å². The average molecular weight is 431 g/mol. The molecule has 0 aliphatic carbocycles. The lowest BCUT2D eigenvalue weighted by Gasteiger charge is -2.19. The van der Waals surface area contributed by atoms with Crippen LogP contribution in [0.5, 0.6) is 0 Å². The highest BCUT2D eigenvalue weighted by Gasteiger charge is 2.18. The Bertz CT molecular complexity index is 724. The molecule has 3 aromatic rings. The van der Waals surface area contributed by atoms with Gasteiger partial charge in [-0.3, -0.25) is 4.98 Å². The molecule has 3 heteroatoms. The quantitative estimate of drug-likeness (QED) is 0.449. The first-order chi connectivity index (χ1) is 11.3. The van der Waals surface area contributed by atoms with Crippen LogP contribution in [0.1, 0.15) is 33.9 Å². The molecule has 116 valence electrons. The molecule has 0 amide bonds. The Hall–Kier alpha value is -1.45. The molecule has 0 N–H and O–H groups in total. The van der Waals surface area contributed by atoms with Gasteiger partial charge in [-0.05, 0) is 34.4 Å². The number of nitrogens with zero attached hydrogens (tertiary/aromatic N) is 1. The predicted octanol–water partition coefficient (Wildman–Crippen LogP) is 6.05. The maximum absolute atomic E-state index is 4.62. The molecule has 0 unspecified atom stereocenters. The monoisotopic (exact) mass is 429 g/mol. The Labute approximate surface area is 154 Å². The molecule has 0 atom stereocenters. The molecule has 1 heterocycles. The molecule has 0 spiro atoms. The minimum atomic E-state index is 0.147. The fraction of sp³-hybridized carbons (Fsp3) is 0.150. The second-order valence-electron chi connectivity index (χ2n) is 5.44. The summed E-state index contributed by atoms with van der Waals surface area (Å²) < 4.78 is 0. The van der Waals surface area contributed by atoms with Crippen molar-refractivity contribution in [2.45, 2.75) is 16.6 Å². The van der Waals surface area contributed by atoms with Gasteiger partial charge in [-0.15, -0.1) is 0 Å². The van der Waals surface area contributed by atoms with E-state index in [0.717, 1.165) is 16.4 Å². The zero-order valence-electron chi connectivity index (χ0n) is 12.6. The highest BCUT2D eigenvalue weighted by Crippen LogP contribution is 2.32. The normalized spacial score (nSPS) is 10.9. The second-order valence-corrected chi connectivity index (χ2v) is 6.57. The van der Waals surface area contributed by atoms with Crippen molar-refractivity contribution in [2.75, 3.05) is 0 Å². The summed E-state index contributed by atoms with van der Waals surface area (Å²) in [7, 11) is 0. The zero-order valence-corrected chi connectivity index (χ0v) is 15.8. The van der Waals surface area contributed by atoms with E-state index in [1.54, 1.807) is 0 Å². The van der Waals surface area contributed by atoms with E-state index in [9.17, 15) is 0 Å². The summed E-state index contributed by atoms with van der Waals surface area (Å²) in [5.41, 5.74) is 6.17. The summed E-state index contributed by atoms with van der Waals surface area (Å²) >= 11 is 7.11. The van der Waals surface area contributed by atoms with Gasteiger partial charge in [0, 0.05) is 16.9 Å². The van der Waals surface area contributed by atoms with Gasteiger partial charge in [0.15, 0.2) is 0 Å². The van der Waals surface area contributed by atoms with E-state index in [1.807, 2.05) is 12.3 Å². The molecule has 0 aliphatic heterocycles. The SMILES string of the molecule is BrCc1cccc(C(c2cccc(CBr)c2)c2ccccn2)c1. The molecule has 0 fully saturated rings. The van der Waals surface area contributed by atoms with E-state index in [1.165, 1.54) is 22.3 Å². The van der Waals surface area contributed by atoms with E-state index in [2.05, 4.69) is 97.5 Å². The van der Waals surface area contributed by atoms with E-state index in [-0.39, 0.29) is 5.92 Å². The van der Waals surface area contributed by atoms with Crippen LogP contribution in [-0.4, -0.2) is 4.98 Å². The number of alkyl halides is 2. The van der Waals surface area contributed by atoms with E-state index >= 15 is 0 Å². The standard InChI is InChI=1S/C20H17Br2N/c21-13-15-5-3-7-17(11-15)20(19-9-1-2-10-23-19)18-8-4-6-16(12-18)14-22/h1-12,20H,13-14H2. The summed E-state index contributed by atoms with van der Waals surface area (Å²) in [5, 5.41) is 1.72. The summed E-state index contributed by atoms with van der Waals surface area (Å²) in [5.74, 6) is 0.147. The van der Waals surface area contributed by atoms with E-state index < -0.39 is 0 Å². The van der Waals surface area contributed by atoms with Gasteiger partial charge < -0.3 is 0 Å². The van der Waals surface area contributed by atoms with Crippen molar-refractivity contribution < 1.29 is 0 Å². The second kappa shape index (κ2) is 7.89. The third-order valence-electron chi connectivity index (χ3n) is 3.86. The van der Waals surface area contributed by atoms with Crippen LogP contribution in [0.3, 0.4) is 0 Å². The third kappa shape index (κ3) is 3.91. The molecule has 0 bridgehead atoms. The number of hydrogen-bond donors (Lipinski definition) is 0. The van der Waals surface area contributed by atoms with Crippen molar-refractivity contribution in [2.24, 2.45) is 0 Å². The average Bonchev–Trinajstić information content (AvgIpc) is 2.63. The molecule has 0 saturated carbocycles. The Kier molecular flexibility index (Phi) is 5.63. The predicted molar refractivity (Wildman–Crippen MR) is 103 cm³/mol. The minimum absolute atomic E-state index is 0.147. The molecule has 3 rings (SSSR count). The molecular weight excluding hydrogens is 414 g/mol. The highest BCUT2D eigenvalue weighted by molar-refractivity contribution is 9.08. The first-order valence-electron chi connectivity index (χ1n) is 7.52. The molecule has 1 nitrogen and oxygen atoms in total. The molecule has 0 saturated heterocycles. The smallest absolute Gasteiger partial charge is 0.0522 e. The zero-order chi connectivity index (χ0) is 16.1. The first-order valence-corrected chi connectivity index (χ1v) is 9.76. The molecule has 1 aromatic heterocycles. The van der Waals surface area contributed by atoms with Crippen molar-refractivity contribution in [3.05, 3.63) is 101 Å². The van der Waals surface area contributed by atoms with Gasteiger partial charge in [0.1, 0.15) is 0 Å². The number of hydrogen-bond acceptors (Lipinski definition) is 1. The maximum atomic E-state index is 4.62. The Morgan fingerprint density at radius 1 is 0.739 bits per heavy atom. The molecular formula is C20H17Br2N. The third-order valence-corrected chi connectivity index (χ3v) is 5.16. The number of halogens is 2. The van der Waals surface area contributed by atoms with Crippen LogP contribution in [0.2, 0.25) is 0 Å². The summed E-state index contributed by atoms with van der Waals surface area (Å²) in [6.07, 6.45) is 1.87. The van der Waals surface area contributed by atoms with Crippen LogP contribution in [0.15, 0.2) is 72.9 Å². The van der Waals surface area contributed by atoms with Gasteiger partial charge >= 0.3 is 0 Å². The Balaban J connectivity index is 2.13. The van der Waals surface area contributed by atoms with Crippen LogP contribution in [0, 0.1) is 0 Å². The fourth-order valence-electron chi connectivity index (χ4n) is 2.79. The fourth-order valence-corrected chi connectivity index (χ4v) is 3.49. The summed E-state index contributed by atoms with van der Waals surface area (Å²) in [4.78, 5) is 4.62. The van der Waals surface area contributed by atoms with E-state index in [0.29, 0.717) is 0 Å². The first kappa shape index (κ1) is 16.4. The van der Waals surface area contributed by atoms with Crippen LogP contribution >= 0.6 is 31.9 Å². The van der Waals surface area contributed by atoms with Crippen LogP contribution in [0.25, 0.3) is 0 Å². The minimum Gasteiger partial charge on any atom is -0.260 e. The van der Waals surface area contributed by atoms with Crippen molar-refractivity contribution >= 4 is 31.9 Å². The Morgan fingerprint density at radius 3 is 1.83 bits per heavy atom. The lowest BCUT2D eigenvalue weighted by molar-refractivity contribution is 0.914. The number of pyridine rings is 1. The lowest BCUT2D eigenvalue weighted by Crippen LogP contribution is -2.06. The van der Waals surface area contributed by atoms with Gasteiger partial charge in [0.25, 0.3) is 0 Å². The van der Waals surface area contributed by atoms with Crippen molar-refractivity contribution in [3.8, 4) is 0 Å². The number of rotatable bonds is 5. The maximum Gasteiger partial charge on any atom is 0.0522 e. The topological polar surface area (TPSA) is 12.9 Å². The Morgan fingerprint density at radius 2 is 1.35 bits per heavy atom. The van der Waals surface area contributed by atoms with Crippen LogP contribution in [-0.2, 0) is 10.7 Å². The molecule has 2 aromatic carbocycles. The largest absolute Gasteiger partial charge is 0.260 e. The van der Waals surface area contributed by atoms with Gasteiger partial charge in [-0.1, -0.05) is 86.5 Å². The lowest BCUT2D eigenvalue weighted by atomic mass is 9.87. The summed E-state index contributed by atoms with van der Waals surface area (Å²) in [6.45, 7) is 0. The van der Waals surface area contributed by atoms with Crippen LogP contribution < -0.4 is 0 Å². The van der Waals surface area contributed by atoms with Gasteiger partial charge in [0.05, 0.1) is 11.6 Å². The van der Waals surface area contributed by atoms with Gasteiger partial charge in [0.2, 0.25) is 0 Å². The van der Waals surface area contributed by atoms with Gasteiger partial charge in [-0.25, -0.2) is 0 Å². The molecule has 0 aliphatic rings. The highest BCUT2D eigenvalue weighted by atomic mass is 79.9. The van der Waals surface area contributed by atoms with Crippen molar-refractivity contribution in [3.63, 3.8) is 0 Å². The van der Waals surface area contributed by atoms with Crippen molar-refractivity contribution in [1.82, 2.24) is 4.98 Å². The molecule has 0 radical (unpaired) electrons. The van der Waals surface area contributed by atoms with Crippen molar-refractivity contribution in [1.29, 1.82) is 0 Å².